The van der Waals surface area contributed by atoms with Crippen LogP contribution in [0.1, 0.15) is 216 Å². The van der Waals surface area contributed by atoms with E-state index in [4.69, 9.17) is 42.6 Å². The van der Waals surface area contributed by atoms with E-state index in [2.05, 4.69) is 45.9 Å². The predicted molar refractivity (Wildman–Crippen MR) is 458 cm³/mol. The van der Waals surface area contributed by atoms with Gasteiger partial charge in [-0.05, 0) is 160 Å². The van der Waals surface area contributed by atoms with Crippen molar-refractivity contribution in [3.05, 3.63) is 71.7 Å². The van der Waals surface area contributed by atoms with Crippen LogP contribution in [0.3, 0.4) is 0 Å². The third-order valence-corrected chi connectivity index (χ3v) is 26.6. The quantitative estimate of drug-likeness (QED) is 0.0792. The molecule has 717 valence electrons. The topological polar surface area (TPSA) is 360 Å². The van der Waals surface area contributed by atoms with Gasteiger partial charge in [0.1, 0.15) is 71.5 Å². The van der Waals surface area contributed by atoms with Crippen LogP contribution in [0.15, 0.2) is 54.6 Å². The number of nitrogens with zero attached hydrogens (tertiary/aromatic N) is 9. The van der Waals surface area contributed by atoms with E-state index in [0.29, 0.717) is 91.6 Å². The van der Waals surface area contributed by atoms with Gasteiger partial charge in [-0.25, -0.2) is 63.1 Å². The molecule has 6 amide bonds. The molecule has 0 unspecified atom stereocenters. The van der Waals surface area contributed by atoms with E-state index in [1.165, 1.54) is 36.0 Å². The fraction of sp³-hybridized carbons (Fsp3) is 0.645. The molecule has 6 aliphatic heterocycles. The number of halogens is 6. The first-order valence-electron chi connectivity index (χ1n) is 44.5. The third-order valence-electron chi connectivity index (χ3n) is 26.6. The van der Waals surface area contributed by atoms with Crippen molar-refractivity contribution in [3.63, 3.8) is 0 Å². The normalized spacial score (nSPS) is 29.8. The number of benzene rings is 3. The molecule has 3 saturated carbocycles. The molecule has 3 saturated heterocycles. The van der Waals surface area contributed by atoms with E-state index >= 15 is 26.3 Å². The predicted octanol–water partition coefficient (Wildman–Crippen LogP) is 14.8. The van der Waals surface area contributed by atoms with E-state index < -0.39 is 184 Å². The first-order chi connectivity index (χ1) is 60.8. The van der Waals surface area contributed by atoms with Crippen molar-refractivity contribution in [3.8, 4) is 34.9 Å². The van der Waals surface area contributed by atoms with E-state index in [-0.39, 0.29) is 159 Å². The molecule has 30 nitrogen and oxygen atoms in total. The molecule has 6 bridgehead atoms. The number of ether oxygens (including phenoxy) is 9. The number of alkyl halides is 6. The fourth-order valence-corrected chi connectivity index (χ4v) is 18.4. The van der Waals surface area contributed by atoms with Crippen molar-refractivity contribution in [2.75, 3.05) is 41.0 Å². The van der Waals surface area contributed by atoms with Crippen LogP contribution < -0.4 is 44.4 Å². The molecule has 15 rings (SSSR count). The number of carbonyl (C=O) groups excluding carboxylic acids is 9. The molecule has 3 radical (unpaired) electrons. The van der Waals surface area contributed by atoms with E-state index in [9.17, 15) is 43.2 Å². The number of methoxy groups -OCH3 is 3. The number of nitrogens with one attached hydrogen (secondary N) is 3. The smallest absolute Gasteiger partial charge is 0.408 e. The van der Waals surface area contributed by atoms with Crippen molar-refractivity contribution in [1.29, 1.82) is 0 Å². The number of hydrogen-bond donors (Lipinski definition) is 3. The average molecular weight is 1960 g/mol. The molecule has 3 N–H and O–H groups in total. The van der Waals surface area contributed by atoms with E-state index in [1.807, 2.05) is 25.8 Å². The SMILES string of the molecule is COc1ccc2nc3c(nc2c1)O[C@H]1CN(C(=O)[C@H](C(C)(C)C)NC(=O)O[C@@H]2CCC[C@H]2CCCCC3(F)F)[C@H]([C-]=O)[C@@H]1C.COc1ccc2nc3c(nc2c1)O[C@H]1CN(C(=O)[C@H](C(C)(C)C)NC(=O)O[C@@H]2C[C@H]2CCCCC3(F)F)[C@H]([C-]=O)[C@@H]1C.COc1ccc2nc3c(nc2c1)O[C@H]1CN(C(=O)[C@H](C(C)(C)C)NC(=O)O[C@]2(C)C[C@H]2CCCCC3(F)F)[C@H]([C-]=O)[C@@H]1C.[V].[V].[V]. The van der Waals surface area contributed by atoms with E-state index in [0.717, 1.165) is 12.8 Å². The summed E-state index contributed by atoms with van der Waals surface area (Å²) < 4.78 is 146. The number of rotatable bonds is 6. The Morgan fingerprint density at radius 1 is 0.402 bits per heavy atom. The van der Waals surface area contributed by atoms with Gasteiger partial charge in [0.25, 0.3) is 17.8 Å². The molecule has 6 fully saturated rings. The van der Waals surface area contributed by atoms with Crippen LogP contribution in [0, 0.1) is 51.8 Å². The van der Waals surface area contributed by atoms with Gasteiger partial charge in [0, 0.05) is 99.0 Å². The molecule has 6 aromatic rings. The third kappa shape index (κ3) is 23.6. The molecule has 3 aliphatic carbocycles. The summed E-state index contributed by atoms with van der Waals surface area (Å²) in [5, 5.41) is 8.21. The van der Waals surface area contributed by atoms with Crippen molar-refractivity contribution in [2.45, 2.75) is 289 Å². The van der Waals surface area contributed by atoms with Crippen molar-refractivity contribution in [2.24, 2.45) is 51.8 Å². The van der Waals surface area contributed by atoms with Gasteiger partial charge in [0.05, 0.1) is 74.1 Å². The first-order valence-corrected chi connectivity index (χ1v) is 44.5. The van der Waals surface area contributed by atoms with Gasteiger partial charge in [-0.1, -0.05) is 120 Å². The Bertz CT molecular complexity index is 5190. The minimum atomic E-state index is -3.37. The largest absolute Gasteiger partial charge is 0.540 e. The monoisotopic (exact) mass is 1960 g/mol. The minimum Gasteiger partial charge on any atom is -0.540 e. The molecule has 9 aliphatic rings. The van der Waals surface area contributed by atoms with Gasteiger partial charge in [0.2, 0.25) is 35.4 Å². The fourth-order valence-electron chi connectivity index (χ4n) is 18.4. The Kier molecular flexibility index (Phi) is 33.5. The van der Waals surface area contributed by atoms with Gasteiger partial charge in [0.15, 0.2) is 17.1 Å². The minimum absolute atomic E-state index is 0. The van der Waals surface area contributed by atoms with Crippen LogP contribution in [-0.2, 0) is 116 Å². The second-order valence-electron chi connectivity index (χ2n) is 39.3. The Balaban J connectivity index is 0.000000203. The zero-order valence-corrected chi connectivity index (χ0v) is 81.3. The summed E-state index contributed by atoms with van der Waals surface area (Å²) in [5.41, 5.74) is -3.00. The van der Waals surface area contributed by atoms with Crippen molar-refractivity contribution < 1.29 is 168 Å². The second kappa shape index (κ2) is 42.1. The summed E-state index contributed by atoms with van der Waals surface area (Å²) in [6.45, 7) is 22.8. The average Bonchev–Trinajstić information content (AvgIpc) is 1.54. The molecule has 0 spiro atoms. The van der Waals surface area contributed by atoms with Gasteiger partial charge in [-0.3, -0.25) is 14.4 Å². The van der Waals surface area contributed by atoms with Gasteiger partial charge in [-0.2, -0.15) is 26.3 Å². The maximum atomic E-state index is 15.9. The maximum absolute atomic E-state index is 15.9. The van der Waals surface area contributed by atoms with Gasteiger partial charge in [-0.15, -0.1) is 0 Å². The van der Waals surface area contributed by atoms with Crippen molar-refractivity contribution in [1.82, 2.24) is 60.6 Å². The number of alkyl carbamates (subject to hydrolysis) is 3. The summed E-state index contributed by atoms with van der Waals surface area (Å²) in [7, 11) is 4.46. The number of hydrogen-bond acceptors (Lipinski definition) is 24. The Labute approximate surface area is 799 Å². The molecule has 9 heterocycles. The Morgan fingerprint density at radius 2 is 0.720 bits per heavy atom. The number of fused-ring (bicyclic) bond motifs is 15. The first kappa shape index (κ1) is 105. The molecule has 3 aromatic carbocycles. The molecule has 3 aromatic heterocycles. The van der Waals surface area contributed by atoms with Crippen molar-refractivity contribution >= 4 is 88.0 Å². The molecule has 39 heteroatoms. The zero-order chi connectivity index (χ0) is 93.5. The standard InChI is InChI=1S/C32H41F2N4O6.C31H39F2N4O6.C30H37F2N4O6.3V/c1-18-23(17-39)38-16-25(18)43-28-26(35-21-13-12-20(42-5)15-22(21)36-28)32(33,34)14-7-6-9-19-10-8-11-24(19)44-30(41)37-27(29(38)40)31(2,3)4;1-17-22(16-38)37-15-23(17)42-26-24(34-20-11-10-19(41-6)13-21(20)35-26)31(32,33)12-8-7-9-18-14-30(18,5)43-28(40)36-25(27(37)39)29(2,3)4;1-16-21(15-37)36-14-23(16)41-26-24(33-19-10-9-18(40-5)13-20(19)34-26)30(31,32)11-7-6-8-17-12-22(17)42-28(39)35-25(27(36)38)29(2,3)4;;;/h12-13,15,18-19,23-25,27H,6-11,14,16H2,1-5H3,(H,37,41);10-11,13,17-18,22-23,25H,7-9,12,14-15H2,1-6H3,(H,36,40);9-10,13,16-17,21-23,25H,6-8,11-12,14H2,1-5H3,(H,35,39);;;/q3*-1;;;/t18-,19+,23+,24+,25-,27+;17-,18+,22+,23-,25+,30+;16-,17+,21+,22+,23-,25+;;;/m000.../s1. The maximum Gasteiger partial charge on any atom is 0.408 e. The summed E-state index contributed by atoms with van der Waals surface area (Å²) in [6, 6.07) is 8.13. The van der Waals surface area contributed by atoms with Gasteiger partial charge < -0.3 is 87.7 Å². The number of amides is 6. The van der Waals surface area contributed by atoms with Crippen LogP contribution in [-0.4, -0.2) is 213 Å². The summed E-state index contributed by atoms with van der Waals surface area (Å²) in [5.74, 6) is -13.0. The molecular weight excluding hydrogens is 1840 g/mol. The molecule has 18 atom stereocenters. The number of aromatic nitrogens is 6. The van der Waals surface area contributed by atoms with Crippen LogP contribution in [0.5, 0.6) is 34.9 Å². The van der Waals surface area contributed by atoms with Gasteiger partial charge >= 0.3 is 18.3 Å². The van der Waals surface area contributed by atoms with Crippen LogP contribution in [0.25, 0.3) is 33.1 Å². The van der Waals surface area contributed by atoms with Crippen LogP contribution in [0.2, 0.25) is 0 Å². The van der Waals surface area contributed by atoms with E-state index in [1.54, 1.807) is 138 Å². The molecule has 132 heavy (non-hydrogen) atoms. The van der Waals surface area contributed by atoms with Crippen LogP contribution >= 0.6 is 0 Å². The number of carbonyl (C=O) groups is 6. The van der Waals surface area contributed by atoms with Crippen LogP contribution in [0.4, 0.5) is 40.7 Å². The molecular formula is C93H117F6N12O18V3-3. The zero-order valence-electron chi connectivity index (χ0n) is 77.1. The summed E-state index contributed by atoms with van der Waals surface area (Å²) >= 11 is 0. The Hall–Kier alpha value is -8.96. The summed E-state index contributed by atoms with van der Waals surface area (Å²) in [4.78, 5) is 147. The Morgan fingerprint density at radius 3 is 1.05 bits per heavy atom. The second-order valence-corrected chi connectivity index (χ2v) is 39.3. The summed E-state index contributed by atoms with van der Waals surface area (Å²) in [6.07, 6.45) is 6.58.